The van der Waals surface area contributed by atoms with Crippen molar-refractivity contribution in [3.8, 4) is 12.3 Å². The van der Waals surface area contributed by atoms with Crippen LogP contribution in [-0.2, 0) is 16.6 Å². The predicted octanol–water partition coefficient (Wildman–Crippen LogP) is 2.48. The van der Waals surface area contributed by atoms with E-state index in [1.54, 1.807) is 19.1 Å². The van der Waals surface area contributed by atoms with Gasteiger partial charge in [0.15, 0.2) is 0 Å². The number of hydrogen-bond acceptors (Lipinski definition) is 3. The summed E-state index contributed by atoms with van der Waals surface area (Å²) in [5, 5.41) is 3.68. The fourth-order valence-corrected chi connectivity index (χ4v) is 3.46. The third-order valence-electron chi connectivity index (χ3n) is 2.98. The lowest BCUT2D eigenvalue weighted by atomic mass is 10.2. The van der Waals surface area contributed by atoms with Gasteiger partial charge in [-0.2, -0.15) is 4.31 Å². The molecular formula is C15H21ClN2O2S. The Balaban J connectivity index is 3.05. The zero-order valence-corrected chi connectivity index (χ0v) is 14.1. The molecule has 0 aliphatic rings. The molecular weight excluding hydrogens is 308 g/mol. The van der Waals surface area contributed by atoms with Crippen LogP contribution in [0.1, 0.15) is 26.3 Å². The van der Waals surface area contributed by atoms with Gasteiger partial charge >= 0.3 is 0 Å². The third kappa shape index (κ3) is 4.72. The standard InChI is InChI=1S/C15H21ClN2O2S/c1-5-9-18(6-2)21(19,20)14-8-7-13(15(16)10-14)11-17-12(3)4/h1,7-8,10,12,17H,6,9,11H2,2-4H3. The molecule has 0 amide bonds. The Morgan fingerprint density at radius 1 is 1.43 bits per heavy atom. The minimum atomic E-state index is -3.60. The van der Waals surface area contributed by atoms with E-state index in [2.05, 4.69) is 11.2 Å². The summed E-state index contributed by atoms with van der Waals surface area (Å²) in [7, 11) is -3.60. The van der Waals surface area contributed by atoms with Crippen LogP contribution >= 0.6 is 11.6 Å². The molecule has 0 aliphatic heterocycles. The Morgan fingerprint density at radius 3 is 2.57 bits per heavy atom. The summed E-state index contributed by atoms with van der Waals surface area (Å²) < 4.78 is 26.1. The molecule has 0 saturated heterocycles. The maximum Gasteiger partial charge on any atom is 0.243 e. The average Bonchev–Trinajstić information content (AvgIpc) is 2.42. The van der Waals surface area contributed by atoms with Gasteiger partial charge in [-0.3, -0.25) is 0 Å². The lowest BCUT2D eigenvalue weighted by molar-refractivity contribution is 0.464. The van der Waals surface area contributed by atoms with E-state index >= 15 is 0 Å². The predicted molar refractivity (Wildman–Crippen MR) is 86.7 cm³/mol. The van der Waals surface area contributed by atoms with E-state index in [1.807, 2.05) is 13.8 Å². The number of rotatable bonds is 7. The van der Waals surface area contributed by atoms with Gasteiger partial charge in [-0.15, -0.1) is 6.42 Å². The third-order valence-corrected chi connectivity index (χ3v) is 5.25. The van der Waals surface area contributed by atoms with E-state index in [0.717, 1.165) is 5.56 Å². The quantitative estimate of drug-likeness (QED) is 0.782. The Bertz CT molecular complexity index is 621. The van der Waals surface area contributed by atoms with Crippen molar-refractivity contribution in [3.63, 3.8) is 0 Å². The van der Waals surface area contributed by atoms with Crippen LogP contribution in [0.25, 0.3) is 0 Å². The Hall–Kier alpha value is -1.06. The van der Waals surface area contributed by atoms with Gasteiger partial charge in [-0.25, -0.2) is 8.42 Å². The summed E-state index contributed by atoms with van der Waals surface area (Å²) in [6, 6.07) is 5.11. The molecule has 0 radical (unpaired) electrons. The topological polar surface area (TPSA) is 49.4 Å². The molecule has 1 rings (SSSR count). The molecule has 0 heterocycles. The minimum Gasteiger partial charge on any atom is -0.310 e. The normalized spacial score (nSPS) is 11.9. The van der Waals surface area contributed by atoms with E-state index in [9.17, 15) is 8.42 Å². The molecule has 0 aromatic heterocycles. The Labute approximate surface area is 132 Å². The molecule has 0 bridgehead atoms. The maximum absolute atomic E-state index is 12.4. The molecule has 1 N–H and O–H groups in total. The second-order valence-electron chi connectivity index (χ2n) is 4.92. The minimum absolute atomic E-state index is 0.0487. The highest BCUT2D eigenvalue weighted by molar-refractivity contribution is 7.89. The molecule has 0 unspecified atom stereocenters. The first kappa shape index (κ1) is 18.0. The number of nitrogens with one attached hydrogen (secondary N) is 1. The van der Waals surface area contributed by atoms with Gasteiger partial charge in [0.1, 0.15) is 0 Å². The highest BCUT2D eigenvalue weighted by Gasteiger charge is 2.23. The fourth-order valence-electron chi connectivity index (χ4n) is 1.76. The zero-order valence-electron chi connectivity index (χ0n) is 12.6. The van der Waals surface area contributed by atoms with Crippen LogP contribution in [0.5, 0.6) is 0 Å². The molecule has 0 saturated carbocycles. The van der Waals surface area contributed by atoms with E-state index in [4.69, 9.17) is 18.0 Å². The molecule has 1 aromatic rings. The van der Waals surface area contributed by atoms with Crippen molar-refractivity contribution in [2.75, 3.05) is 13.1 Å². The molecule has 116 valence electrons. The van der Waals surface area contributed by atoms with Crippen molar-refractivity contribution >= 4 is 21.6 Å². The van der Waals surface area contributed by atoms with Gasteiger partial charge in [-0.05, 0) is 17.7 Å². The number of halogens is 1. The maximum atomic E-state index is 12.4. The molecule has 4 nitrogen and oxygen atoms in total. The van der Waals surface area contributed by atoms with E-state index in [1.165, 1.54) is 10.4 Å². The second-order valence-corrected chi connectivity index (χ2v) is 7.27. The number of benzene rings is 1. The first-order valence-corrected chi connectivity index (χ1v) is 8.60. The molecule has 0 aliphatic carbocycles. The molecule has 6 heteroatoms. The highest BCUT2D eigenvalue weighted by atomic mass is 35.5. The summed E-state index contributed by atoms with van der Waals surface area (Å²) in [5.74, 6) is 2.36. The largest absolute Gasteiger partial charge is 0.310 e. The average molecular weight is 329 g/mol. The van der Waals surface area contributed by atoms with Crippen molar-refractivity contribution in [3.05, 3.63) is 28.8 Å². The summed E-state index contributed by atoms with van der Waals surface area (Å²) in [6.07, 6.45) is 5.21. The van der Waals surface area contributed by atoms with Gasteiger partial charge in [-0.1, -0.05) is 44.4 Å². The molecule has 21 heavy (non-hydrogen) atoms. The van der Waals surface area contributed by atoms with E-state index in [-0.39, 0.29) is 11.4 Å². The molecule has 0 atom stereocenters. The van der Waals surface area contributed by atoms with E-state index < -0.39 is 10.0 Å². The summed E-state index contributed by atoms with van der Waals surface area (Å²) >= 11 is 6.18. The van der Waals surface area contributed by atoms with Crippen LogP contribution in [0, 0.1) is 12.3 Å². The molecule has 1 aromatic carbocycles. The van der Waals surface area contributed by atoms with Crippen molar-refractivity contribution in [1.29, 1.82) is 0 Å². The van der Waals surface area contributed by atoms with Crippen LogP contribution in [0.2, 0.25) is 5.02 Å². The zero-order chi connectivity index (χ0) is 16.0. The monoisotopic (exact) mass is 328 g/mol. The fraction of sp³-hybridized carbons (Fsp3) is 0.467. The van der Waals surface area contributed by atoms with Crippen LogP contribution in [-0.4, -0.2) is 31.9 Å². The van der Waals surface area contributed by atoms with Crippen LogP contribution in [0.15, 0.2) is 23.1 Å². The molecule has 0 fully saturated rings. The van der Waals surface area contributed by atoms with Gasteiger partial charge < -0.3 is 5.32 Å². The van der Waals surface area contributed by atoms with Gasteiger partial charge in [0.05, 0.1) is 11.4 Å². The van der Waals surface area contributed by atoms with Gasteiger partial charge in [0.25, 0.3) is 0 Å². The van der Waals surface area contributed by atoms with Crippen molar-refractivity contribution < 1.29 is 8.42 Å². The summed E-state index contributed by atoms with van der Waals surface area (Å²) in [4.78, 5) is 0.165. The lowest BCUT2D eigenvalue weighted by Crippen LogP contribution is -2.31. The Kier molecular flexibility index (Phi) is 6.69. The Morgan fingerprint density at radius 2 is 2.10 bits per heavy atom. The highest BCUT2D eigenvalue weighted by Crippen LogP contribution is 2.23. The summed E-state index contributed by atoms with van der Waals surface area (Å²) in [6.45, 7) is 6.78. The van der Waals surface area contributed by atoms with Crippen molar-refractivity contribution in [1.82, 2.24) is 9.62 Å². The van der Waals surface area contributed by atoms with Crippen LogP contribution in [0.4, 0.5) is 0 Å². The SMILES string of the molecule is C#CCN(CC)S(=O)(=O)c1ccc(CNC(C)C)c(Cl)c1. The first-order chi connectivity index (χ1) is 9.82. The smallest absolute Gasteiger partial charge is 0.243 e. The van der Waals surface area contributed by atoms with Crippen LogP contribution in [0.3, 0.4) is 0 Å². The number of nitrogens with zero attached hydrogens (tertiary/aromatic N) is 1. The van der Waals surface area contributed by atoms with E-state index in [0.29, 0.717) is 24.2 Å². The lowest BCUT2D eigenvalue weighted by Gasteiger charge is -2.18. The summed E-state index contributed by atoms with van der Waals surface area (Å²) in [5.41, 5.74) is 0.865. The first-order valence-electron chi connectivity index (χ1n) is 6.78. The number of hydrogen-bond donors (Lipinski definition) is 1. The van der Waals surface area contributed by atoms with Crippen molar-refractivity contribution in [2.45, 2.75) is 38.3 Å². The molecule has 0 spiro atoms. The number of sulfonamides is 1. The number of terminal acetylenes is 1. The van der Waals surface area contributed by atoms with Crippen LogP contribution < -0.4 is 5.32 Å². The second kappa shape index (κ2) is 7.81. The van der Waals surface area contributed by atoms with Gasteiger partial charge in [0.2, 0.25) is 10.0 Å². The van der Waals surface area contributed by atoms with Gasteiger partial charge in [0, 0.05) is 24.2 Å². The van der Waals surface area contributed by atoms with Crippen molar-refractivity contribution in [2.24, 2.45) is 0 Å².